The van der Waals surface area contributed by atoms with E-state index in [1.54, 1.807) is 0 Å². The lowest BCUT2D eigenvalue weighted by molar-refractivity contribution is -0.129. The van der Waals surface area contributed by atoms with Gasteiger partial charge >= 0.3 is 0 Å². The quantitative estimate of drug-likeness (QED) is 0.551. The van der Waals surface area contributed by atoms with Crippen LogP contribution in [0.2, 0.25) is 0 Å². The molecule has 1 saturated heterocycles. The first kappa shape index (κ1) is 21.2. The van der Waals surface area contributed by atoms with Gasteiger partial charge < -0.3 is 25.7 Å². The minimum atomic E-state index is -0.414. The average molecular weight is 450 g/mol. The number of aliphatic hydroxyl groups excluding tert-OH is 1. The highest BCUT2D eigenvalue weighted by Crippen LogP contribution is 2.56. The second kappa shape index (κ2) is 8.13. The van der Waals surface area contributed by atoms with Crippen molar-refractivity contribution in [2.24, 2.45) is 17.8 Å². The van der Waals surface area contributed by atoms with Crippen LogP contribution in [-0.2, 0) is 0 Å². The molecular weight excluding hydrogens is 414 g/mol. The first-order chi connectivity index (χ1) is 15.9. The molecule has 2 atom stereocenters. The number of nitrogens with one attached hydrogen (secondary N) is 2. The van der Waals surface area contributed by atoms with Gasteiger partial charge in [-0.3, -0.25) is 0 Å². The SMILES string of the molecule is Cc1cnc(Nc2ccc(N3CCC(O)CC3)cc2)nc1NC1C2CC3CC1CC(O)(C3)C2. The molecular formula is C26H35N5O2. The molecule has 1 aliphatic heterocycles. The van der Waals surface area contributed by atoms with Crippen LogP contribution in [0, 0.1) is 24.7 Å². The Bertz CT molecular complexity index is 988. The Morgan fingerprint density at radius 1 is 1.03 bits per heavy atom. The van der Waals surface area contributed by atoms with E-state index in [9.17, 15) is 10.2 Å². The fraction of sp³-hybridized carbons (Fsp3) is 0.615. The molecule has 0 spiro atoms. The Balaban J connectivity index is 1.14. The van der Waals surface area contributed by atoms with Crippen LogP contribution in [0.1, 0.15) is 50.5 Å². The van der Waals surface area contributed by atoms with Crippen molar-refractivity contribution in [2.75, 3.05) is 28.6 Å². The molecule has 176 valence electrons. The molecule has 1 aromatic carbocycles. The highest BCUT2D eigenvalue weighted by molar-refractivity contribution is 5.60. The van der Waals surface area contributed by atoms with Crippen molar-refractivity contribution < 1.29 is 10.2 Å². The Morgan fingerprint density at radius 2 is 1.73 bits per heavy atom. The zero-order valence-electron chi connectivity index (χ0n) is 19.4. The van der Waals surface area contributed by atoms with E-state index in [2.05, 4.69) is 51.7 Å². The smallest absolute Gasteiger partial charge is 0.229 e. The molecule has 5 aliphatic rings. The molecule has 7 nitrogen and oxygen atoms in total. The van der Waals surface area contributed by atoms with E-state index in [-0.39, 0.29) is 6.10 Å². The Hall–Kier alpha value is -2.38. The molecule has 2 unspecified atom stereocenters. The number of nitrogens with zero attached hydrogens (tertiary/aromatic N) is 3. The standard InChI is InChI=1S/C26H35N5O2/c1-16-15-27-25(28-20-2-4-21(5-3-20)31-8-6-22(32)7-9-31)30-24(16)29-23-18-10-17-11-19(23)14-26(33,12-17)13-18/h2-5,15,17-19,22-23,32-33H,6-14H2,1H3,(H2,27,28,29,30). The molecule has 1 aromatic heterocycles. The third-order valence-electron chi connectivity index (χ3n) is 8.47. The molecule has 7 heteroatoms. The van der Waals surface area contributed by atoms with Gasteiger partial charge in [0.15, 0.2) is 0 Å². The zero-order chi connectivity index (χ0) is 22.6. The van der Waals surface area contributed by atoms with Gasteiger partial charge in [-0.1, -0.05) is 0 Å². The monoisotopic (exact) mass is 449 g/mol. The second-order valence-electron chi connectivity index (χ2n) is 11.0. The Morgan fingerprint density at radius 3 is 2.39 bits per heavy atom. The summed E-state index contributed by atoms with van der Waals surface area (Å²) in [7, 11) is 0. The highest BCUT2D eigenvalue weighted by Gasteiger charge is 2.54. The maximum atomic E-state index is 10.9. The van der Waals surface area contributed by atoms with E-state index in [1.165, 1.54) is 18.5 Å². The summed E-state index contributed by atoms with van der Waals surface area (Å²) >= 11 is 0. The van der Waals surface area contributed by atoms with Crippen molar-refractivity contribution in [3.05, 3.63) is 36.0 Å². The largest absolute Gasteiger partial charge is 0.393 e. The summed E-state index contributed by atoms with van der Waals surface area (Å²) in [5.74, 6) is 3.28. The van der Waals surface area contributed by atoms with Crippen LogP contribution in [0.15, 0.2) is 30.5 Å². The molecule has 4 aliphatic carbocycles. The van der Waals surface area contributed by atoms with E-state index >= 15 is 0 Å². The van der Waals surface area contributed by atoms with Crippen molar-refractivity contribution in [2.45, 2.75) is 69.6 Å². The number of rotatable bonds is 5. The molecule has 33 heavy (non-hydrogen) atoms. The topological polar surface area (TPSA) is 93.5 Å². The van der Waals surface area contributed by atoms with Crippen molar-refractivity contribution in [3.63, 3.8) is 0 Å². The summed E-state index contributed by atoms with van der Waals surface area (Å²) in [5.41, 5.74) is 2.78. The molecule has 2 heterocycles. The highest BCUT2D eigenvalue weighted by atomic mass is 16.3. The molecule has 4 saturated carbocycles. The number of hydrogen-bond acceptors (Lipinski definition) is 7. The molecule has 0 amide bonds. The third kappa shape index (κ3) is 4.17. The predicted octanol–water partition coefficient (Wildman–Crippen LogP) is 3.84. The van der Waals surface area contributed by atoms with Crippen LogP contribution in [0.3, 0.4) is 0 Å². The molecule has 2 aromatic rings. The molecule has 4 N–H and O–H groups in total. The molecule has 4 bridgehead atoms. The summed E-state index contributed by atoms with van der Waals surface area (Å²) < 4.78 is 0. The third-order valence-corrected chi connectivity index (χ3v) is 8.47. The summed E-state index contributed by atoms with van der Waals surface area (Å²) in [6.07, 6.45) is 8.70. The summed E-state index contributed by atoms with van der Waals surface area (Å²) in [6.45, 7) is 3.84. The number of anilines is 4. The van der Waals surface area contributed by atoms with Gasteiger partial charge in [-0.05, 0) is 93.9 Å². The van der Waals surface area contributed by atoms with Crippen LogP contribution in [-0.4, -0.2) is 51.0 Å². The fourth-order valence-corrected chi connectivity index (χ4v) is 7.03. The number of hydrogen-bond donors (Lipinski definition) is 4. The number of benzene rings is 1. The average Bonchev–Trinajstić information content (AvgIpc) is 2.78. The Labute approximate surface area is 195 Å². The number of aromatic nitrogens is 2. The fourth-order valence-electron chi connectivity index (χ4n) is 7.03. The zero-order valence-corrected chi connectivity index (χ0v) is 19.4. The summed E-state index contributed by atoms with van der Waals surface area (Å²) in [5, 5.41) is 27.7. The van der Waals surface area contributed by atoms with Crippen molar-refractivity contribution in [1.82, 2.24) is 9.97 Å². The van der Waals surface area contributed by atoms with Crippen molar-refractivity contribution >= 4 is 23.1 Å². The van der Waals surface area contributed by atoms with Crippen LogP contribution in [0.25, 0.3) is 0 Å². The minimum absolute atomic E-state index is 0.160. The number of aliphatic hydroxyl groups is 2. The van der Waals surface area contributed by atoms with Crippen LogP contribution in [0.5, 0.6) is 0 Å². The number of aryl methyl sites for hydroxylation is 1. The first-order valence-electron chi connectivity index (χ1n) is 12.6. The number of piperidine rings is 1. The molecule has 7 rings (SSSR count). The van der Waals surface area contributed by atoms with Crippen molar-refractivity contribution in [1.29, 1.82) is 0 Å². The van der Waals surface area contributed by atoms with Gasteiger partial charge in [0.2, 0.25) is 5.95 Å². The van der Waals surface area contributed by atoms with Crippen molar-refractivity contribution in [3.8, 4) is 0 Å². The van der Waals surface area contributed by atoms with Gasteiger partial charge in [0.05, 0.1) is 11.7 Å². The van der Waals surface area contributed by atoms with Crippen LogP contribution < -0.4 is 15.5 Å². The lowest BCUT2D eigenvalue weighted by Gasteiger charge is -2.58. The lowest BCUT2D eigenvalue weighted by Crippen LogP contribution is -2.59. The first-order valence-corrected chi connectivity index (χ1v) is 12.6. The lowest BCUT2D eigenvalue weighted by atomic mass is 9.52. The Kier molecular flexibility index (Phi) is 5.22. The normalized spacial score (nSPS) is 33.4. The summed E-state index contributed by atoms with van der Waals surface area (Å²) in [4.78, 5) is 11.7. The van der Waals surface area contributed by atoms with E-state index < -0.39 is 5.60 Å². The van der Waals surface area contributed by atoms with Gasteiger partial charge in [0, 0.05) is 42.3 Å². The minimum Gasteiger partial charge on any atom is -0.393 e. The van der Waals surface area contributed by atoms with E-state index in [1.807, 2.05) is 6.20 Å². The molecule has 0 radical (unpaired) electrons. The van der Waals surface area contributed by atoms with Gasteiger partial charge in [-0.2, -0.15) is 4.98 Å². The van der Waals surface area contributed by atoms with E-state index in [4.69, 9.17) is 4.98 Å². The maximum absolute atomic E-state index is 10.9. The van der Waals surface area contributed by atoms with Crippen LogP contribution in [0.4, 0.5) is 23.1 Å². The predicted molar refractivity (Wildman–Crippen MR) is 130 cm³/mol. The maximum Gasteiger partial charge on any atom is 0.229 e. The van der Waals surface area contributed by atoms with Gasteiger partial charge in [0.1, 0.15) is 5.82 Å². The van der Waals surface area contributed by atoms with Crippen LogP contribution >= 0.6 is 0 Å². The summed E-state index contributed by atoms with van der Waals surface area (Å²) in [6, 6.07) is 8.76. The van der Waals surface area contributed by atoms with E-state index in [0.29, 0.717) is 29.7 Å². The second-order valence-corrected chi connectivity index (χ2v) is 11.0. The molecule has 5 fully saturated rings. The van der Waals surface area contributed by atoms with E-state index in [0.717, 1.165) is 62.3 Å². The van der Waals surface area contributed by atoms with Gasteiger partial charge in [-0.25, -0.2) is 4.98 Å². The van der Waals surface area contributed by atoms with Gasteiger partial charge in [0.25, 0.3) is 0 Å². The van der Waals surface area contributed by atoms with Gasteiger partial charge in [-0.15, -0.1) is 0 Å².